The molecule has 0 bridgehead atoms. The van der Waals surface area contributed by atoms with E-state index >= 15 is 0 Å². The Kier molecular flexibility index (Phi) is 5.35. The van der Waals surface area contributed by atoms with Crippen molar-refractivity contribution in [2.45, 2.75) is 39.2 Å². The quantitative estimate of drug-likeness (QED) is 0.575. The standard InChI is InChI=1S/C24H27N3O3/c1-14(2)16-6-8-17(9-7-16)23-20-21(18-13-15(3)5-10-19(18)29)25-26-22(20)24(30)27(23)11-4-12-28/h5-10,13-14,23,28-29H,4,11-12H2,1-3H3,(H,25,26)/t23-/m0/s1. The van der Waals surface area contributed by atoms with Crippen molar-refractivity contribution in [3.63, 3.8) is 0 Å². The van der Waals surface area contributed by atoms with Gasteiger partial charge >= 0.3 is 0 Å². The summed E-state index contributed by atoms with van der Waals surface area (Å²) < 4.78 is 0. The molecule has 2 aromatic carbocycles. The first-order valence-corrected chi connectivity index (χ1v) is 10.3. The lowest BCUT2D eigenvalue weighted by Crippen LogP contribution is -2.31. The van der Waals surface area contributed by atoms with E-state index in [-0.39, 0.29) is 24.3 Å². The minimum atomic E-state index is -0.325. The first-order valence-electron chi connectivity index (χ1n) is 10.3. The summed E-state index contributed by atoms with van der Waals surface area (Å²) in [5.41, 5.74) is 5.63. The van der Waals surface area contributed by atoms with E-state index in [0.29, 0.717) is 35.8 Å². The number of aryl methyl sites for hydroxylation is 1. The molecule has 30 heavy (non-hydrogen) atoms. The maximum atomic E-state index is 13.2. The maximum absolute atomic E-state index is 13.2. The second kappa shape index (κ2) is 7.95. The largest absolute Gasteiger partial charge is 0.507 e. The Balaban J connectivity index is 1.86. The highest BCUT2D eigenvalue weighted by atomic mass is 16.3. The average Bonchev–Trinajstić information content (AvgIpc) is 3.27. The van der Waals surface area contributed by atoms with Gasteiger partial charge in [0.2, 0.25) is 0 Å². The molecular formula is C24H27N3O3. The molecule has 1 aromatic heterocycles. The molecule has 0 radical (unpaired) electrons. The molecule has 0 unspecified atom stereocenters. The van der Waals surface area contributed by atoms with Crippen molar-refractivity contribution in [3.05, 3.63) is 70.4 Å². The van der Waals surface area contributed by atoms with Gasteiger partial charge in [-0.05, 0) is 42.5 Å². The van der Waals surface area contributed by atoms with Crippen LogP contribution in [-0.4, -0.2) is 44.4 Å². The third-order valence-corrected chi connectivity index (χ3v) is 5.75. The number of hydrogen-bond acceptors (Lipinski definition) is 4. The zero-order valence-corrected chi connectivity index (χ0v) is 17.5. The number of fused-ring (bicyclic) bond motifs is 1. The predicted molar refractivity (Wildman–Crippen MR) is 116 cm³/mol. The van der Waals surface area contributed by atoms with Crippen LogP contribution in [0.3, 0.4) is 0 Å². The Morgan fingerprint density at radius 1 is 1.17 bits per heavy atom. The maximum Gasteiger partial charge on any atom is 0.273 e. The Hall–Kier alpha value is -3.12. The number of aliphatic hydroxyl groups excluding tert-OH is 1. The predicted octanol–water partition coefficient (Wildman–Crippen LogP) is 4.14. The summed E-state index contributed by atoms with van der Waals surface area (Å²) in [5.74, 6) is 0.409. The van der Waals surface area contributed by atoms with Gasteiger partial charge in [0.1, 0.15) is 17.1 Å². The van der Waals surface area contributed by atoms with Crippen LogP contribution in [0.25, 0.3) is 11.3 Å². The monoisotopic (exact) mass is 405 g/mol. The normalized spacial score (nSPS) is 15.8. The van der Waals surface area contributed by atoms with E-state index in [1.165, 1.54) is 5.56 Å². The summed E-state index contributed by atoms with van der Waals surface area (Å²) in [6.45, 7) is 6.70. The van der Waals surface area contributed by atoms with Crippen LogP contribution in [0.2, 0.25) is 0 Å². The number of nitrogens with zero attached hydrogens (tertiary/aromatic N) is 2. The van der Waals surface area contributed by atoms with Gasteiger partial charge in [0.05, 0.1) is 6.04 Å². The van der Waals surface area contributed by atoms with Gasteiger partial charge in [0, 0.05) is 24.3 Å². The van der Waals surface area contributed by atoms with E-state index in [4.69, 9.17) is 0 Å². The van der Waals surface area contributed by atoms with Crippen molar-refractivity contribution < 1.29 is 15.0 Å². The molecule has 0 aliphatic carbocycles. The van der Waals surface area contributed by atoms with Gasteiger partial charge in [-0.3, -0.25) is 9.89 Å². The number of phenolic OH excluding ortho intramolecular Hbond substituents is 1. The fraction of sp³-hybridized carbons (Fsp3) is 0.333. The molecule has 3 N–H and O–H groups in total. The molecule has 4 rings (SSSR count). The Morgan fingerprint density at radius 3 is 2.57 bits per heavy atom. The highest BCUT2D eigenvalue weighted by Crippen LogP contribution is 2.44. The van der Waals surface area contributed by atoms with E-state index in [2.05, 4.69) is 48.3 Å². The molecule has 6 heteroatoms. The van der Waals surface area contributed by atoms with E-state index < -0.39 is 0 Å². The average molecular weight is 405 g/mol. The third kappa shape index (κ3) is 3.37. The number of nitrogens with one attached hydrogen (secondary N) is 1. The van der Waals surface area contributed by atoms with Crippen LogP contribution in [0.5, 0.6) is 5.75 Å². The molecule has 2 heterocycles. The van der Waals surface area contributed by atoms with Crippen molar-refractivity contribution in [1.82, 2.24) is 15.1 Å². The van der Waals surface area contributed by atoms with Gasteiger partial charge in [-0.15, -0.1) is 0 Å². The lowest BCUT2D eigenvalue weighted by molar-refractivity contribution is 0.0732. The molecule has 6 nitrogen and oxygen atoms in total. The first-order chi connectivity index (χ1) is 14.4. The fourth-order valence-corrected chi connectivity index (χ4v) is 4.12. The number of hydrogen-bond donors (Lipinski definition) is 3. The number of benzene rings is 2. The van der Waals surface area contributed by atoms with Gasteiger partial charge in [-0.1, -0.05) is 49.7 Å². The van der Waals surface area contributed by atoms with E-state index in [9.17, 15) is 15.0 Å². The van der Waals surface area contributed by atoms with Crippen LogP contribution < -0.4 is 0 Å². The van der Waals surface area contributed by atoms with Gasteiger partial charge < -0.3 is 15.1 Å². The SMILES string of the molecule is Cc1ccc(O)c(-c2n[nH]c3c2[C@H](c2ccc(C(C)C)cc2)N(CCCO)C3=O)c1. The van der Waals surface area contributed by atoms with Crippen molar-refractivity contribution in [2.24, 2.45) is 0 Å². The fourth-order valence-electron chi connectivity index (χ4n) is 4.12. The lowest BCUT2D eigenvalue weighted by atomic mass is 9.93. The van der Waals surface area contributed by atoms with Gasteiger partial charge in [-0.2, -0.15) is 5.10 Å². The topological polar surface area (TPSA) is 89.5 Å². The Morgan fingerprint density at radius 2 is 1.90 bits per heavy atom. The molecule has 156 valence electrons. The number of phenols is 1. The van der Waals surface area contributed by atoms with Crippen molar-refractivity contribution in [3.8, 4) is 17.0 Å². The molecule has 0 spiro atoms. The number of aromatic hydroxyl groups is 1. The van der Waals surface area contributed by atoms with Gasteiger partial charge in [-0.25, -0.2) is 0 Å². The lowest BCUT2D eigenvalue weighted by Gasteiger charge is -2.26. The van der Waals surface area contributed by atoms with Crippen LogP contribution >= 0.6 is 0 Å². The van der Waals surface area contributed by atoms with E-state index in [1.54, 1.807) is 11.0 Å². The zero-order valence-electron chi connectivity index (χ0n) is 17.5. The van der Waals surface area contributed by atoms with E-state index in [1.807, 2.05) is 19.1 Å². The van der Waals surface area contributed by atoms with Crippen molar-refractivity contribution in [2.75, 3.05) is 13.2 Å². The highest BCUT2D eigenvalue weighted by Gasteiger charge is 2.42. The molecule has 3 aromatic rings. The molecule has 0 fully saturated rings. The summed E-state index contributed by atoms with van der Waals surface area (Å²) >= 11 is 0. The number of aliphatic hydroxyl groups is 1. The second-order valence-electron chi connectivity index (χ2n) is 8.18. The Bertz CT molecular complexity index is 1070. The molecule has 1 atom stereocenters. The molecular weight excluding hydrogens is 378 g/mol. The number of amides is 1. The summed E-state index contributed by atoms with van der Waals surface area (Å²) in [5, 5.41) is 27.1. The second-order valence-corrected chi connectivity index (χ2v) is 8.18. The van der Waals surface area contributed by atoms with Crippen molar-refractivity contribution >= 4 is 5.91 Å². The summed E-state index contributed by atoms with van der Waals surface area (Å²) in [4.78, 5) is 14.9. The number of aromatic amines is 1. The van der Waals surface area contributed by atoms with Crippen LogP contribution in [-0.2, 0) is 0 Å². The minimum absolute atomic E-state index is 0.0144. The number of carbonyl (C=O) groups is 1. The number of rotatable bonds is 6. The molecule has 0 saturated heterocycles. The van der Waals surface area contributed by atoms with Crippen molar-refractivity contribution in [1.29, 1.82) is 0 Å². The minimum Gasteiger partial charge on any atom is -0.507 e. The third-order valence-electron chi connectivity index (χ3n) is 5.75. The first kappa shape index (κ1) is 20.2. The van der Waals surface area contributed by atoms with Crippen LogP contribution in [0.4, 0.5) is 0 Å². The summed E-state index contributed by atoms with van der Waals surface area (Å²) in [7, 11) is 0. The van der Waals surface area contributed by atoms with E-state index in [0.717, 1.165) is 16.7 Å². The van der Waals surface area contributed by atoms with Crippen LogP contribution in [0.15, 0.2) is 42.5 Å². The molecule has 1 aliphatic rings. The molecule has 1 aliphatic heterocycles. The molecule has 0 saturated carbocycles. The number of carbonyl (C=O) groups excluding carboxylic acids is 1. The van der Waals surface area contributed by atoms with Gasteiger partial charge in [0.15, 0.2) is 0 Å². The summed E-state index contributed by atoms with van der Waals surface area (Å²) in [6.07, 6.45) is 0.495. The highest BCUT2D eigenvalue weighted by molar-refractivity contribution is 6.00. The van der Waals surface area contributed by atoms with Crippen LogP contribution in [0.1, 0.15) is 65.0 Å². The van der Waals surface area contributed by atoms with Gasteiger partial charge in [0.25, 0.3) is 5.91 Å². The summed E-state index contributed by atoms with van der Waals surface area (Å²) in [6, 6.07) is 13.3. The number of aromatic nitrogens is 2. The smallest absolute Gasteiger partial charge is 0.273 e. The number of H-pyrrole nitrogens is 1. The zero-order chi connectivity index (χ0) is 21.4. The van der Waals surface area contributed by atoms with Crippen LogP contribution in [0, 0.1) is 6.92 Å². The Labute approximate surface area is 176 Å². The molecule has 1 amide bonds.